The Labute approximate surface area is 98.7 Å². The Morgan fingerprint density at radius 3 is 2.29 bits per heavy atom. The number of aryl methyl sites for hydroxylation is 2. The summed E-state index contributed by atoms with van der Waals surface area (Å²) in [5.74, 6) is -0.509. The molecule has 0 aliphatic heterocycles. The summed E-state index contributed by atoms with van der Waals surface area (Å²) < 4.78 is 1.39. The molecule has 1 amide bonds. The zero-order valence-electron chi connectivity index (χ0n) is 9.84. The van der Waals surface area contributed by atoms with Crippen LogP contribution in [0.1, 0.15) is 16.2 Å². The van der Waals surface area contributed by atoms with Crippen molar-refractivity contribution < 1.29 is 20.1 Å². The predicted molar refractivity (Wildman–Crippen MR) is 59.4 cm³/mol. The molecule has 0 saturated carbocycles. The molecule has 7 nitrogen and oxygen atoms in total. The molecule has 0 fully saturated rings. The average molecular weight is 243 g/mol. The summed E-state index contributed by atoms with van der Waals surface area (Å²) >= 11 is 0. The SMILES string of the molecule is Cc1cc(C(=O)NC(CO)(CO)CO)n(C)n1. The number of amides is 1. The van der Waals surface area contributed by atoms with Crippen molar-refractivity contribution in [3.8, 4) is 0 Å². The van der Waals surface area contributed by atoms with Crippen LogP contribution in [-0.2, 0) is 7.05 Å². The molecular weight excluding hydrogens is 226 g/mol. The van der Waals surface area contributed by atoms with E-state index >= 15 is 0 Å². The number of aliphatic hydroxyl groups excluding tert-OH is 3. The van der Waals surface area contributed by atoms with E-state index in [1.807, 2.05) is 0 Å². The molecule has 0 unspecified atom stereocenters. The Bertz CT molecular complexity index is 390. The number of carbonyl (C=O) groups is 1. The van der Waals surface area contributed by atoms with Gasteiger partial charge in [0.15, 0.2) is 0 Å². The lowest BCUT2D eigenvalue weighted by atomic mass is 10.0. The number of aliphatic hydroxyl groups is 3. The smallest absolute Gasteiger partial charge is 0.270 e. The fourth-order valence-electron chi connectivity index (χ4n) is 1.40. The van der Waals surface area contributed by atoms with Crippen molar-refractivity contribution in [1.82, 2.24) is 15.1 Å². The highest BCUT2D eigenvalue weighted by Crippen LogP contribution is 2.06. The van der Waals surface area contributed by atoms with Crippen LogP contribution in [0.4, 0.5) is 0 Å². The first-order chi connectivity index (χ1) is 7.98. The molecule has 1 heterocycles. The molecule has 0 bridgehead atoms. The first-order valence-corrected chi connectivity index (χ1v) is 5.14. The van der Waals surface area contributed by atoms with E-state index in [1.165, 1.54) is 4.68 Å². The minimum atomic E-state index is -1.42. The highest BCUT2D eigenvalue weighted by Gasteiger charge is 2.31. The van der Waals surface area contributed by atoms with Crippen molar-refractivity contribution in [1.29, 1.82) is 0 Å². The lowest BCUT2D eigenvalue weighted by molar-refractivity contribution is 0.0371. The van der Waals surface area contributed by atoms with Gasteiger partial charge in [-0.3, -0.25) is 9.48 Å². The van der Waals surface area contributed by atoms with E-state index in [9.17, 15) is 4.79 Å². The molecule has 1 aromatic heterocycles. The number of aromatic nitrogens is 2. The van der Waals surface area contributed by atoms with Crippen molar-refractivity contribution in [3.05, 3.63) is 17.5 Å². The third kappa shape index (κ3) is 2.82. The molecule has 0 atom stereocenters. The van der Waals surface area contributed by atoms with Gasteiger partial charge in [-0.15, -0.1) is 0 Å². The molecule has 0 aromatic carbocycles. The fourth-order valence-corrected chi connectivity index (χ4v) is 1.40. The van der Waals surface area contributed by atoms with Crippen LogP contribution in [0.25, 0.3) is 0 Å². The summed E-state index contributed by atoms with van der Waals surface area (Å²) in [4.78, 5) is 11.9. The highest BCUT2D eigenvalue weighted by atomic mass is 16.3. The van der Waals surface area contributed by atoms with Gasteiger partial charge < -0.3 is 20.6 Å². The topological polar surface area (TPSA) is 108 Å². The summed E-state index contributed by atoms with van der Waals surface area (Å²) in [5.41, 5.74) is -0.447. The molecule has 4 N–H and O–H groups in total. The normalized spacial score (nSPS) is 11.6. The molecular formula is C10H17N3O4. The van der Waals surface area contributed by atoms with Gasteiger partial charge in [-0.2, -0.15) is 5.10 Å². The maximum atomic E-state index is 11.9. The largest absolute Gasteiger partial charge is 0.394 e. The molecule has 0 radical (unpaired) electrons. The Morgan fingerprint density at radius 1 is 1.41 bits per heavy atom. The van der Waals surface area contributed by atoms with E-state index in [2.05, 4.69) is 10.4 Å². The van der Waals surface area contributed by atoms with Gasteiger partial charge in [0, 0.05) is 7.05 Å². The molecule has 0 spiro atoms. The second-order valence-corrected chi connectivity index (χ2v) is 4.00. The molecule has 1 rings (SSSR count). The first-order valence-electron chi connectivity index (χ1n) is 5.14. The van der Waals surface area contributed by atoms with Gasteiger partial charge in [-0.25, -0.2) is 0 Å². The van der Waals surface area contributed by atoms with E-state index in [0.717, 1.165) is 0 Å². The fraction of sp³-hybridized carbons (Fsp3) is 0.600. The predicted octanol–water partition coefficient (Wildman–Crippen LogP) is -1.83. The standard InChI is InChI=1S/C10H17N3O4/c1-7-3-8(13(2)12-7)9(17)11-10(4-14,5-15)6-16/h3,14-16H,4-6H2,1-2H3,(H,11,17). The minimum Gasteiger partial charge on any atom is -0.394 e. The minimum absolute atomic E-state index is 0.294. The zero-order chi connectivity index (χ0) is 13.1. The third-order valence-electron chi connectivity index (χ3n) is 2.52. The Balaban J connectivity index is 2.88. The van der Waals surface area contributed by atoms with Crippen molar-refractivity contribution >= 4 is 5.91 Å². The van der Waals surface area contributed by atoms with Gasteiger partial charge in [0.05, 0.1) is 25.5 Å². The second-order valence-electron chi connectivity index (χ2n) is 4.00. The molecule has 96 valence electrons. The van der Waals surface area contributed by atoms with E-state index in [-0.39, 0.29) is 0 Å². The number of nitrogens with one attached hydrogen (secondary N) is 1. The molecule has 17 heavy (non-hydrogen) atoms. The summed E-state index contributed by atoms with van der Waals surface area (Å²) in [6, 6.07) is 1.58. The van der Waals surface area contributed by atoms with Gasteiger partial charge in [-0.1, -0.05) is 0 Å². The number of carbonyl (C=O) groups excluding carboxylic acids is 1. The Morgan fingerprint density at radius 2 is 1.94 bits per heavy atom. The van der Waals surface area contributed by atoms with Crippen LogP contribution in [0.2, 0.25) is 0 Å². The van der Waals surface area contributed by atoms with Crippen LogP contribution in [0.15, 0.2) is 6.07 Å². The molecule has 7 heteroatoms. The van der Waals surface area contributed by atoms with Crippen LogP contribution >= 0.6 is 0 Å². The number of hydrogen-bond donors (Lipinski definition) is 4. The number of hydrogen-bond acceptors (Lipinski definition) is 5. The van der Waals surface area contributed by atoms with E-state index in [4.69, 9.17) is 15.3 Å². The third-order valence-corrected chi connectivity index (χ3v) is 2.52. The van der Waals surface area contributed by atoms with Gasteiger partial charge in [0.2, 0.25) is 0 Å². The second kappa shape index (κ2) is 5.26. The lowest BCUT2D eigenvalue weighted by Gasteiger charge is -2.28. The Hall–Kier alpha value is -1.44. The van der Waals surface area contributed by atoms with E-state index in [1.54, 1.807) is 20.0 Å². The Kier molecular flexibility index (Phi) is 4.22. The maximum absolute atomic E-state index is 11.9. The quantitative estimate of drug-likeness (QED) is 0.487. The summed E-state index contributed by atoms with van der Waals surface area (Å²) in [6.07, 6.45) is 0. The molecule has 1 aromatic rings. The van der Waals surface area contributed by atoms with Crippen LogP contribution in [0, 0.1) is 6.92 Å². The van der Waals surface area contributed by atoms with Gasteiger partial charge in [-0.05, 0) is 13.0 Å². The number of nitrogens with zero attached hydrogens (tertiary/aromatic N) is 2. The molecule has 0 aliphatic carbocycles. The van der Waals surface area contributed by atoms with Crippen LogP contribution in [0.5, 0.6) is 0 Å². The van der Waals surface area contributed by atoms with Crippen molar-refractivity contribution in [2.24, 2.45) is 7.05 Å². The van der Waals surface area contributed by atoms with Crippen molar-refractivity contribution in [2.75, 3.05) is 19.8 Å². The van der Waals surface area contributed by atoms with Crippen LogP contribution < -0.4 is 5.32 Å². The summed E-state index contributed by atoms with van der Waals surface area (Å²) in [6.45, 7) is 0.0852. The molecule has 0 saturated heterocycles. The van der Waals surface area contributed by atoms with Crippen molar-refractivity contribution in [2.45, 2.75) is 12.5 Å². The maximum Gasteiger partial charge on any atom is 0.270 e. The van der Waals surface area contributed by atoms with Crippen LogP contribution in [-0.4, -0.2) is 56.4 Å². The average Bonchev–Trinajstić information content (AvgIpc) is 2.65. The van der Waals surface area contributed by atoms with Crippen molar-refractivity contribution in [3.63, 3.8) is 0 Å². The van der Waals surface area contributed by atoms with Gasteiger partial charge >= 0.3 is 0 Å². The van der Waals surface area contributed by atoms with Gasteiger partial charge in [0.1, 0.15) is 11.2 Å². The molecule has 0 aliphatic rings. The number of rotatable bonds is 5. The highest BCUT2D eigenvalue weighted by molar-refractivity contribution is 5.93. The van der Waals surface area contributed by atoms with Gasteiger partial charge in [0.25, 0.3) is 5.91 Å². The summed E-state index contributed by atoms with van der Waals surface area (Å²) in [7, 11) is 1.61. The first kappa shape index (κ1) is 13.6. The van der Waals surface area contributed by atoms with E-state index in [0.29, 0.717) is 11.4 Å². The van der Waals surface area contributed by atoms with E-state index < -0.39 is 31.3 Å². The zero-order valence-corrected chi connectivity index (χ0v) is 9.84. The lowest BCUT2D eigenvalue weighted by Crippen LogP contribution is -2.57. The summed E-state index contributed by atoms with van der Waals surface area (Å²) in [5, 5.41) is 33.7. The van der Waals surface area contributed by atoms with Crippen LogP contribution in [0.3, 0.4) is 0 Å². The monoisotopic (exact) mass is 243 g/mol.